The summed E-state index contributed by atoms with van der Waals surface area (Å²) < 4.78 is 12.3. The fourth-order valence-corrected chi connectivity index (χ4v) is 3.52. The first-order valence-electron chi connectivity index (χ1n) is 6.94. The zero-order chi connectivity index (χ0) is 17.0. The van der Waals surface area contributed by atoms with Crippen LogP contribution in [0.25, 0.3) is 0 Å². The van der Waals surface area contributed by atoms with Crippen molar-refractivity contribution in [3.8, 4) is 11.5 Å². The molecule has 2 aromatic carbocycles. The van der Waals surface area contributed by atoms with Gasteiger partial charge in [0.15, 0.2) is 11.5 Å². The molecule has 0 fully saturated rings. The largest absolute Gasteiger partial charge is 0.493 e. The van der Waals surface area contributed by atoms with Gasteiger partial charge in [0.25, 0.3) is 5.91 Å². The van der Waals surface area contributed by atoms with Gasteiger partial charge in [0.1, 0.15) is 0 Å². The van der Waals surface area contributed by atoms with Crippen molar-refractivity contribution < 1.29 is 14.3 Å². The highest BCUT2D eigenvalue weighted by atomic mass is 127. The van der Waals surface area contributed by atoms with E-state index < -0.39 is 0 Å². The van der Waals surface area contributed by atoms with Gasteiger partial charge in [-0.1, -0.05) is 34.1 Å². The molecule has 0 aliphatic heterocycles. The predicted octanol–water partition coefficient (Wildman–Crippen LogP) is 4.56. The number of carbonyl (C=O) groups is 1. The number of methoxy groups -OCH3 is 2. The van der Waals surface area contributed by atoms with Gasteiger partial charge in [-0.3, -0.25) is 4.79 Å². The number of carbonyl (C=O) groups excluding carboxylic acids is 1. The Hall–Kier alpha value is -1.28. The van der Waals surface area contributed by atoms with Crippen molar-refractivity contribution >= 4 is 44.4 Å². The summed E-state index contributed by atoms with van der Waals surface area (Å²) in [6.45, 7) is 1.95. The highest BCUT2D eigenvalue weighted by Crippen LogP contribution is 2.32. The van der Waals surface area contributed by atoms with Crippen molar-refractivity contribution in [2.75, 3.05) is 14.2 Å². The van der Waals surface area contributed by atoms with Crippen LogP contribution in [0.15, 0.2) is 40.9 Å². The highest BCUT2D eigenvalue weighted by molar-refractivity contribution is 14.1. The Balaban J connectivity index is 2.26. The summed E-state index contributed by atoms with van der Waals surface area (Å²) in [5.74, 6) is 0.984. The lowest BCUT2D eigenvalue weighted by atomic mass is 10.1. The third kappa shape index (κ3) is 4.17. The van der Waals surface area contributed by atoms with Gasteiger partial charge in [-0.05, 0) is 53.3 Å². The van der Waals surface area contributed by atoms with Crippen LogP contribution in [0, 0.1) is 3.57 Å². The van der Waals surface area contributed by atoms with E-state index in [1.165, 1.54) is 0 Å². The summed E-state index contributed by atoms with van der Waals surface area (Å²) in [5.41, 5.74) is 1.58. The second kappa shape index (κ2) is 8.01. The topological polar surface area (TPSA) is 47.6 Å². The van der Waals surface area contributed by atoms with Gasteiger partial charge in [0.2, 0.25) is 0 Å². The lowest BCUT2D eigenvalue weighted by Gasteiger charge is -2.17. The molecule has 23 heavy (non-hydrogen) atoms. The van der Waals surface area contributed by atoms with E-state index in [9.17, 15) is 4.79 Å². The van der Waals surface area contributed by atoms with Gasteiger partial charge in [-0.15, -0.1) is 0 Å². The van der Waals surface area contributed by atoms with Gasteiger partial charge in [-0.25, -0.2) is 0 Å². The molecule has 0 spiro atoms. The number of benzene rings is 2. The van der Waals surface area contributed by atoms with E-state index >= 15 is 0 Å². The zero-order valence-corrected chi connectivity index (χ0v) is 16.8. The van der Waals surface area contributed by atoms with E-state index in [0.717, 1.165) is 13.6 Å². The highest BCUT2D eigenvalue weighted by Gasteiger charge is 2.18. The first kappa shape index (κ1) is 18.1. The lowest BCUT2D eigenvalue weighted by molar-refractivity contribution is 0.0938. The summed E-state index contributed by atoms with van der Waals surface area (Å²) in [5, 5.41) is 3.01. The summed E-state index contributed by atoms with van der Waals surface area (Å²) in [6, 6.07) is 11.2. The molecular weight excluding hydrogens is 473 g/mol. The molecule has 6 heteroatoms. The van der Waals surface area contributed by atoms with E-state index in [1.54, 1.807) is 26.4 Å². The Bertz CT molecular complexity index is 721. The van der Waals surface area contributed by atoms with Crippen LogP contribution in [0.4, 0.5) is 0 Å². The predicted molar refractivity (Wildman–Crippen MR) is 102 cm³/mol. The second-order valence-corrected chi connectivity index (χ2v) is 6.92. The maximum absolute atomic E-state index is 12.6. The average Bonchev–Trinajstić information content (AvgIpc) is 2.54. The molecule has 122 valence electrons. The number of hydrogen-bond donors (Lipinski definition) is 1. The number of amides is 1. The van der Waals surface area contributed by atoms with Crippen molar-refractivity contribution in [1.29, 1.82) is 0 Å². The Kier molecular flexibility index (Phi) is 6.29. The SMILES string of the molecule is COc1cc(I)c(C(=O)NC(C)c2ccccc2Br)cc1OC. The molecule has 0 bridgehead atoms. The van der Waals surface area contributed by atoms with E-state index in [4.69, 9.17) is 9.47 Å². The minimum atomic E-state index is -0.154. The van der Waals surface area contributed by atoms with Crippen LogP contribution in [-0.2, 0) is 0 Å². The maximum Gasteiger partial charge on any atom is 0.252 e. The van der Waals surface area contributed by atoms with Crippen molar-refractivity contribution in [2.24, 2.45) is 0 Å². The molecule has 1 amide bonds. The normalized spacial score (nSPS) is 11.7. The van der Waals surface area contributed by atoms with Crippen molar-refractivity contribution in [1.82, 2.24) is 5.32 Å². The van der Waals surface area contributed by atoms with E-state index in [1.807, 2.05) is 31.2 Å². The first-order chi connectivity index (χ1) is 11.0. The average molecular weight is 490 g/mol. The van der Waals surface area contributed by atoms with Crippen LogP contribution in [0.2, 0.25) is 0 Å². The Morgan fingerprint density at radius 1 is 1.17 bits per heavy atom. The second-order valence-electron chi connectivity index (χ2n) is 4.90. The molecule has 0 saturated heterocycles. The summed E-state index contributed by atoms with van der Waals surface area (Å²) >= 11 is 5.63. The van der Waals surface area contributed by atoms with Crippen LogP contribution < -0.4 is 14.8 Å². The molecule has 1 atom stereocenters. The molecule has 2 aromatic rings. The standard InChI is InChI=1S/C17H17BrINO3/c1-10(11-6-4-5-7-13(11)18)20-17(21)12-8-15(22-2)16(23-3)9-14(12)19/h4-10H,1-3H3,(H,20,21). The Labute approximate surface area is 157 Å². The number of hydrogen-bond acceptors (Lipinski definition) is 3. The molecule has 2 rings (SSSR count). The lowest BCUT2D eigenvalue weighted by Crippen LogP contribution is -2.27. The van der Waals surface area contributed by atoms with Gasteiger partial charge in [0, 0.05) is 8.04 Å². The van der Waals surface area contributed by atoms with Crippen LogP contribution in [0.5, 0.6) is 11.5 Å². The molecule has 0 aromatic heterocycles. The monoisotopic (exact) mass is 489 g/mol. The van der Waals surface area contributed by atoms with Gasteiger partial charge in [0.05, 0.1) is 25.8 Å². The molecular formula is C17H17BrINO3. The number of halogens is 2. The van der Waals surface area contributed by atoms with Crippen LogP contribution in [0.3, 0.4) is 0 Å². The molecule has 1 unspecified atom stereocenters. The van der Waals surface area contributed by atoms with Crippen LogP contribution in [0.1, 0.15) is 28.9 Å². The third-order valence-corrected chi connectivity index (χ3v) is 5.05. The van der Waals surface area contributed by atoms with Crippen LogP contribution in [-0.4, -0.2) is 20.1 Å². The fraction of sp³-hybridized carbons (Fsp3) is 0.235. The molecule has 0 aliphatic rings. The number of ether oxygens (including phenoxy) is 2. The first-order valence-corrected chi connectivity index (χ1v) is 8.82. The zero-order valence-electron chi connectivity index (χ0n) is 13.0. The molecule has 0 heterocycles. The molecule has 0 radical (unpaired) electrons. The summed E-state index contributed by atoms with van der Waals surface area (Å²) in [7, 11) is 3.12. The summed E-state index contributed by atoms with van der Waals surface area (Å²) in [6.07, 6.45) is 0. The Morgan fingerprint density at radius 3 is 2.39 bits per heavy atom. The smallest absolute Gasteiger partial charge is 0.252 e. The maximum atomic E-state index is 12.6. The molecule has 0 saturated carbocycles. The van der Waals surface area contributed by atoms with Crippen LogP contribution >= 0.6 is 38.5 Å². The van der Waals surface area contributed by atoms with E-state index in [0.29, 0.717) is 17.1 Å². The Morgan fingerprint density at radius 2 is 1.78 bits per heavy atom. The minimum absolute atomic E-state index is 0.123. The van der Waals surface area contributed by atoms with Crippen molar-refractivity contribution in [2.45, 2.75) is 13.0 Å². The van der Waals surface area contributed by atoms with E-state index in [2.05, 4.69) is 43.8 Å². The molecule has 4 nitrogen and oxygen atoms in total. The quantitative estimate of drug-likeness (QED) is 0.626. The summed E-state index contributed by atoms with van der Waals surface area (Å²) in [4.78, 5) is 12.6. The molecule has 1 N–H and O–H groups in total. The minimum Gasteiger partial charge on any atom is -0.493 e. The molecule has 0 aliphatic carbocycles. The van der Waals surface area contributed by atoms with Gasteiger partial charge in [-0.2, -0.15) is 0 Å². The third-order valence-electron chi connectivity index (χ3n) is 3.44. The fourth-order valence-electron chi connectivity index (χ4n) is 2.21. The number of rotatable bonds is 5. The van der Waals surface area contributed by atoms with Crippen molar-refractivity contribution in [3.05, 3.63) is 55.6 Å². The van der Waals surface area contributed by atoms with Crippen molar-refractivity contribution in [3.63, 3.8) is 0 Å². The van der Waals surface area contributed by atoms with Gasteiger partial charge >= 0.3 is 0 Å². The van der Waals surface area contributed by atoms with Gasteiger partial charge < -0.3 is 14.8 Å². The number of nitrogens with one attached hydrogen (secondary N) is 1. The van der Waals surface area contributed by atoms with E-state index in [-0.39, 0.29) is 11.9 Å².